The van der Waals surface area contributed by atoms with Crippen molar-refractivity contribution in [3.05, 3.63) is 41.8 Å². The van der Waals surface area contributed by atoms with E-state index in [0.29, 0.717) is 10.8 Å². The van der Waals surface area contributed by atoms with Gasteiger partial charge in [0.2, 0.25) is 0 Å². The highest BCUT2D eigenvalue weighted by Crippen LogP contribution is 2.27. The minimum Gasteiger partial charge on any atom is -0.264 e. The molecule has 0 fully saturated rings. The van der Waals surface area contributed by atoms with Crippen molar-refractivity contribution in [3.8, 4) is 11.4 Å². The zero-order valence-corrected chi connectivity index (χ0v) is 13.3. The van der Waals surface area contributed by atoms with Crippen LogP contribution in [0.1, 0.15) is 13.8 Å². The predicted molar refractivity (Wildman–Crippen MR) is 86.8 cm³/mol. The van der Waals surface area contributed by atoms with Gasteiger partial charge >= 0.3 is 0 Å². The first kappa shape index (κ1) is 14.5. The number of hydrogen-bond acceptors (Lipinski definition) is 4. The van der Waals surface area contributed by atoms with Crippen LogP contribution in [0.3, 0.4) is 0 Å². The number of nitrogens with zero attached hydrogens (tertiary/aromatic N) is 6. The fourth-order valence-corrected chi connectivity index (χ4v) is 2.49. The van der Waals surface area contributed by atoms with Gasteiger partial charge in [-0.05, 0) is 12.1 Å². The quantitative estimate of drug-likeness (QED) is 0.540. The Labute approximate surface area is 132 Å². The summed E-state index contributed by atoms with van der Waals surface area (Å²) in [6, 6.07) is 7.53. The highest BCUT2D eigenvalue weighted by atomic mass is 35.5. The lowest BCUT2D eigenvalue weighted by Crippen LogP contribution is -1.95. The van der Waals surface area contributed by atoms with Crippen LogP contribution in [0.4, 0.5) is 0 Å². The summed E-state index contributed by atoms with van der Waals surface area (Å²) >= 11 is 6.22. The van der Waals surface area contributed by atoms with Crippen molar-refractivity contribution in [2.45, 2.75) is 13.8 Å². The predicted octanol–water partition coefficient (Wildman–Crippen LogP) is 3.36. The number of aromatic nitrogens is 6. The van der Waals surface area contributed by atoms with Gasteiger partial charge in [-0.3, -0.25) is 9.08 Å². The Hall–Kier alpha value is -2.47. The van der Waals surface area contributed by atoms with Gasteiger partial charge < -0.3 is 0 Å². The molecule has 6 nitrogen and oxygen atoms in total. The van der Waals surface area contributed by atoms with Gasteiger partial charge in [0.25, 0.3) is 0 Å². The fourth-order valence-electron chi connectivity index (χ4n) is 2.26. The number of fused-ring (bicyclic) bond motifs is 3. The number of halogens is 1. The van der Waals surface area contributed by atoms with Gasteiger partial charge in [0.05, 0.1) is 16.6 Å². The lowest BCUT2D eigenvalue weighted by molar-refractivity contribution is 0.785. The molecule has 0 saturated carbocycles. The molecule has 3 aromatic heterocycles. The first-order valence-electron chi connectivity index (χ1n) is 7.02. The van der Waals surface area contributed by atoms with Crippen LogP contribution in [0, 0.1) is 0 Å². The third-order valence-corrected chi connectivity index (χ3v) is 3.58. The number of aryl methyl sites for hydroxylation is 1. The molecule has 4 aromatic rings. The monoisotopic (exact) mass is 314 g/mol. The summed E-state index contributed by atoms with van der Waals surface area (Å²) in [6.45, 7) is 4.00. The normalized spacial score (nSPS) is 10.7. The zero-order valence-electron chi connectivity index (χ0n) is 12.5. The van der Waals surface area contributed by atoms with E-state index in [2.05, 4.69) is 20.3 Å². The molecule has 0 aliphatic carbocycles. The topological polar surface area (TPSA) is 60.9 Å². The lowest BCUT2D eigenvalue weighted by atomic mass is 10.2. The number of benzene rings is 1. The molecular weight excluding hydrogens is 300 g/mol. The van der Waals surface area contributed by atoms with Crippen molar-refractivity contribution in [3.63, 3.8) is 0 Å². The van der Waals surface area contributed by atoms with Crippen molar-refractivity contribution in [2.75, 3.05) is 0 Å². The van der Waals surface area contributed by atoms with E-state index in [4.69, 9.17) is 11.6 Å². The molecule has 0 radical (unpaired) electrons. The first-order chi connectivity index (χ1) is 10.8. The summed E-state index contributed by atoms with van der Waals surface area (Å²) in [6.07, 6.45) is 3.43. The highest BCUT2D eigenvalue weighted by Gasteiger charge is 2.14. The standard InChI is InChI=1S/C13H9ClN6.C2H6/c1-19-11-9(6-16-19)13-18-17-12(20(13)7-15-11)8-4-2-3-5-10(8)14;1-2/h2-7H,1H3;1-2H3. The molecule has 0 bridgehead atoms. The van der Waals surface area contributed by atoms with Crippen molar-refractivity contribution >= 4 is 28.3 Å². The van der Waals surface area contributed by atoms with Crippen molar-refractivity contribution in [1.82, 2.24) is 29.4 Å². The lowest BCUT2D eigenvalue weighted by Gasteiger charge is -2.02. The number of hydrogen-bond donors (Lipinski definition) is 0. The van der Waals surface area contributed by atoms with Crippen LogP contribution in [0.15, 0.2) is 36.8 Å². The summed E-state index contributed by atoms with van der Waals surface area (Å²) < 4.78 is 3.53. The molecule has 0 aliphatic heterocycles. The van der Waals surface area contributed by atoms with E-state index in [0.717, 1.165) is 22.2 Å². The third kappa shape index (κ3) is 2.12. The van der Waals surface area contributed by atoms with E-state index in [1.54, 1.807) is 17.2 Å². The van der Waals surface area contributed by atoms with E-state index < -0.39 is 0 Å². The van der Waals surface area contributed by atoms with Gasteiger partial charge in [-0.2, -0.15) is 5.10 Å². The van der Waals surface area contributed by atoms with Crippen LogP contribution in [0.25, 0.3) is 28.1 Å². The van der Waals surface area contributed by atoms with Crippen LogP contribution in [0.5, 0.6) is 0 Å². The summed E-state index contributed by atoms with van der Waals surface area (Å²) in [5, 5.41) is 14.2. The molecule has 4 rings (SSSR count). The number of rotatable bonds is 1. The Morgan fingerprint density at radius 1 is 1.05 bits per heavy atom. The zero-order chi connectivity index (χ0) is 15.7. The molecule has 0 atom stereocenters. The van der Waals surface area contributed by atoms with E-state index in [9.17, 15) is 0 Å². The van der Waals surface area contributed by atoms with Crippen LogP contribution in [0.2, 0.25) is 5.02 Å². The Morgan fingerprint density at radius 3 is 2.59 bits per heavy atom. The molecule has 0 aliphatic rings. The van der Waals surface area contributed by atoms with E-state index in [1.807, 2.05) is 49.6 Å². The average molecular weight is 315 g/mol. The van der Waals surface area contributed by atoms with Gasteiger partial charge in [-0.15, -0.1) is 10.2 Å². The van der Waals surface area contributed by atoms with E-state index >= 15 is 0 Å². The fraction of sp³-hybridized carbons (Fsp3) is 0.200. The third-order valence-electron chi connectivity index (χ3n) is 3.25. The largest absolute Gasteiger partial charge is 0.264 e. The van der Waals surface area contributed by atoms with Crippen molar-refractivity contribution in [2.24, 2.45) is 7.05 Å². The SMILES string of the molecule is CC.Cn1ncc2c1ncn1c(-c3ccccc3Cl)nnc21. The Balaban J connectivity index is 0.000000693. The van der Waals surface area contributed by atoms with Gasteiger partial charge in [0, 0.05) is 12.6 Å². The molecule has 3 heterocycles. The maximum absolute atomic E-state index is 6.22. The van der Waals surface area contributed by atoms with Gasteiger partial charge in [0.1, 0.15) is 6.33 Å². The molecule has 1 aromatic carbocycles. The van der Waals surface area contributed by atoms with E-state index in [1.165, 1.54) is 0 Å². The van der Waals surface area contributed by atoms with Crippen LogP contribution in [-0.4, -0.2) is 29.4 Å². The minimum atomic E-state index is 0.632. The second-order valence-corrected chi connectivity index (χ2v) is 4.85. The summed E-state index contributed by atoms with van der Waals surface area (Å²) in [7, 11) is 1.84. The van der Waals surface area contributed by atoms with Crippen LogP contribution < -0.4 is 0 Å². The Morgan fingerprint density at radius 2 is 1.82 bits per heavy atom. The first-order valence-corrected chi connectivity index (χ1v) is 7.40. The maximum atomic E-state index is 6.22. The van der Waals surface area contributed by atoms with Gasteiger partial charge in [0.15, 0.2) is 17.1 Å². The highest BCUT2D eigenvalue weighted by molar-refractivity contribution is 6.33. The Bertz CT molecular complexity index is 940. The smallest absolute Gasteiger partial charge is 0.175 e. The Kier molecular flexibility index (Phi) is 3.77. The molecule has 22 heavy (non-hydrogen) atoms. The van der Waals surface area contributed by atoms with Crippen LogP contribution >= 0.6 is 11.6 Å². The average Bonchev–Trinajstić information content (AvgIpc) is 3.14. The maximum Gasteiger partial charge on any atom is 0.175 e. The molecule has 0 unspecified atom stereocenters. The second-order valence-electron chi connectivity index (χ2n) is 4.45. The van der Waals surface area contributed by atoms with Crippen LogP contribution in [-0.2, 0) is 7.05 Å². The molecule has 0 saturated heterocycles. The molecule has 7 heteroatoms. The van der Waals surface area contributed by atoms with Crippen molar-refractivity contribution in [1.29, 1.82) is 0 Å². The van der Waals surface area contributed by atoms with E-state index in [-0.39, 0.29) is 0 Å². The summed E-state index contributed by atoms with van der Waals surface area (Å²) in [4.78, 5) is 4.40. The molecule has 112 valence electrons. The van der Waals surface area contributed by atoms with Gasteiger partial charge in [-0.25, -0.2) is 4.98 Å². The molecule has 0 N–H and O–H groups in total. The van der Waals surface area contributed by atoms with Gasteiger partial charge in [-0.1, -0.05) is 37.6 Å². The second kappa shape index (κ2) is 5.73. The minimum absolute atomic E-state index is 0.632. The summed E-state index contributed by atoms with van der Waals surface area (Å²) in [5.74, 6) is 0.670. The molecular formula is C15H15ClN6. The molecule has 0 spiro atoms. The molecule has 0 amide bonds. The summed E-state index contributed by atoms with van der Waals surface area (Å²) in [5.41, 5.74) is 2.32. The van der Waals surface area contributed by atoms with Crippen molar-refractivity contribution < 1.29 is 0 Å².